The first-order valence-corrected chi connectivity index (χ1v) is 8.57. The number of para-hydroxylation sites is 1. The molecule has 0 bridgehead atoms. The molecule has 1 N–H and O–H groups in total. The Morgan fingerprint density at radius 2 is 1.78 bits per heavy atom. The molecule has 0 saturated carbocycles. The second kappa shape index (κ2) is 8.07. The molecule has 6 nitrogen and oxygen atoms in total. The Hall–Kier alpha value is -3.09. The Morgan fingerprint density at radius 1 is 1.11 bits per heavy atom. The van der Waals surface area contributed by atoms with Crippen LogP contribution in [0.15, 0.2) is 36.4 Å². The summed E-state index contributed by atoms with van der Waals surface area (Å²) in [6.07, 6.45) is 0.327. The van der Waals surface area contributed by atoms with E-state index in [9.17, 15) is 14.0 Å². The number of hydrogen-bond donors (Lipinski definition) is 1. The van der Waals surface area contributed by atoms with E-state index in [0.717, 1.165) is 11.1 Å². The molecule has 0 atom stereocenters. The highest BCUT2D eigenvalue weighted by Crippen LogP contribution is 2.33. The van der Waals surface area contributed by atoms with Crippen molar-refractivity contribution < 1.29 is 23.5 Å². The number of halogens is 1. The van der Waals surface area contributed by atoms with Crippen molar-refractivity contribution in [3.63, 3.8) is 0 Å². The minimum Gasteiger partial charge on any atom is -0.493 e. The monoisotopic (exact) mass is 372 g/mol. The fourth-order valence-corrected chi connectivity index (χ4v) is 3.10. The normalized spacial score (nSPS) is 12.9. The lowest BCUT2D eigenvalue weighted by Crippen LogP contribution is -2.37. The third kappa shape index (κ3) is 4.19. The fourth-order valence-electron chi connectivity index (χ4n) is 3.10. The molecular weight excluding hydrogens is 351 g/mol. The van der Waals surface area contributed by atoms with Crippen LogP contribution in [0.25, 0.3) is 0 Å². The van der Waals surface area contributed by atoms with Crippen LogP contribution in [-0.4, -0.2) is 37.5 Å². The zero-order valence-electron chi connectivity index (χ0n) is 15.3. The molecule has 1 aliphatic rings. The predicted octanol–water partition coefficient (Wildman–Crippen LogP) is 2.76. The lowest BCUT2D eigenvalue weighted by molar-refractivity contribution is -0.135. The highest BCUT2D eigenvalue weighted by atomic mass is 19.1. The number of anilines is 1. The fraction of sp³-hybridized carbons (Fsp3) is 0.300. The highest BCUT2D eigenvalue weighted by molar-refractivity contribution is 6.03. The largest absolute Gasteiger partial charge is 0.493 e. The molecule has 2 aromatic carbocycles. The summed E-state index contributed by atoms with van der Waals surface area (Å²) in [5.74, 6) is -0.123. The molecule has 0 aliphatic carbocycles. The summed E-state index contributed by atoms with van der Waals surface area (Å²) in [7, 11) is 3.14. The molecule has 0 spiro atoms. The van der Waals surface area contributed by atoms with E-state index in [1.165, 1.54) is 18.2 Å². The first-order chi connectivity index (χ1) is 13.0. The van der Waals surface area contributed by atoms with Gasteiger partial charge in [-0.3, -0.25) is 9.59 Å². The minimum absolute atomic E-state index is 0.0659. The van der Waals surface area contributed by atoms with Crippen LogP contribution in [0.2, 0.25) is 0 Å². The number of carbonyl (C=O) groups is 2. The molecular formula is C20H21FN2O4. The van der Waals surface area contributed by atoms with Crippen LogP contribution in [0, 0.1) is 5.82 Å². The van der Waals surface area contributed by atoms with E-state index in [-0.39, 0.29) is 18.0 Å². The van der Waals surface area contributed by atoms with Crippen LogP contribution in [0.3, 0.4) is 0 Å². The van der Waals surface area contributed by atoms with E-state index in [1.54, 1.807) is 25.2 Å². The summed E-state index contributed by atoms with van der Waals surface area (Å²) in [5.41, 5.74) is 2.12. The molecule has 7 heteroatoms. The molecule has 0 fully saturated rings. The van der Waals surface area contributed by atoms with E-state index >= 15 is 0 Å². The van der Waals surface area contributed by atoms with Crippen molar-refractivity contribution >= 4 is 17.5 Å². The smallest absolute Gasteiger partial charge is 0.233 e. The van der Waals surface area contributed by atoms with Crippen LogP contribution in [-0.2, 0) is 22.6 Å². The van der Waals surface area contributed by atoms with Gasteiger partial charge >= 0.3 is 0 Å². The van der Waals surface area contributed by atoms with Gasteiger partial charge in [0.05, 0.1) is 19.9 Å². The van der Waals surface area contributed by atoms with Crippen LogP contribution in [0.4, 0.5) is 10.1 Å². The third-order valence-electron chi connectivity index (χ3n) is 4.53. The number of carbonyl (C=O) groups excluding carboxylic acids is 2. The molecule has 142 valence electrons. The van der Waals surface area contributed by atoms with Crippen molar-refractivity contribution in [3.8, 4) is 11.5 Å². The van der Waals surface area contributed by atoms with Gasteiger partial charge in [0, 0.05) is 13.1 Å². The van der Waals surface area contributed by atoms with Crippen molar-refractivity contribution in [2.45, 2.75) is 19.4 Å². The van der Waals surface area contributed by atoms with E-state index in [0.29, 0.717) is 31.0 Å². The molecule has 2 aromatic rings. The van der Waals surface area contributed by atoms with Crippen molar-refractivity contribution in [3.05, 3.63) is 53.3 Å². The van der Waals surface area contributed by atoms with E-state index in [4.69, 9.17) is 9.47 Å². The first-order valence-electron chi connectivity index (χ1n) is 8.57. The topological polar surface area (TPSA) is 67.9 Å². The maximum absolute atomic E-state index is 13.6. The number of nitrogens with one attached hydrogen (secondary N) is 1. The van der Waals surface area contributed by atoms with Crippen LogP contribution in [0.5, 0.6) is 11.5 Å². The van der Waals surface area contributed by atoms with E-state index < -0.39 is 11.7 Å². The number of nitrogens with zero attached hydrogens (tertiary/aromatic N) is 1. The molecule has 3 rings (SSSR count). The molecule has 0 aromatic heterocycles. The Morgan fingerprint density at radius 3 is 2.44 bits per heavy atom. The summed E-state index contributed by atoms with van der Waals surface area (Å²) in [6.45, 7) is 0.899. The second-order valence-corrected chi connectivity index (χ2v) is 6.25. The quantitative estimate of drug-likeness (QED) is 0.820. The Kier molecular flexibility index (Phi) is 5.59. The Balaban J connectivity index is 1.65. The summed E-state index contributed by atoms with van der Waals surface area (Å²) in [5, 5.41) is 2.43. The minimum atomic E-state index is -0.539. The predicted molar refractivity (Wildman–Crippen MR) is 98.3 cm³/mol. The first kappa shape index (κ1) is 18.7. The van der Waals surface area contributed by atoms with Crippen LogP contribution < -0.4 is 14.8 Å². The number of hydrogen-bond acceptors (Lipinski definition) is 4. The number of amides is 2. The standard InChI is InChI=1S/C20H21FN2O4/c1-26-17-9-13-7-8-23(12-14(13)10-18(17)27-2)20(25)11-19(24)22-16-6-4-3-5-15(16)21/h3-6,9-10H,7-8,11-12H2,1-2H3,(H,22,24). The number of rotatable bonds is 5. The molecule has 0 radical (unpaired) electrons. The number of methoxy groups -OCH3 is 2. The molecule has 27 heavy (non-hydrogen) atoms. The molecule has 1 heterocycles. The van der Waals surface area contributed by atoms with Gasteiger partial charge in [-0.25, -0.2) is 4.39 Å². The summed E-state index contributed by atoms with van der Waals surface area (Å²) >= 11 is 0. The van der Waals surface area contributed by atoms with Gasteiger partial charge in [-0.1, -0.05) is 12.1 Å². The van der Waals surface area contributed by atoms with E-state index in [1.807, 2.05) is 12.1 Å². The Bertz CT molecular complexity index is 869. The average Bonchev–Trinajstić information content (AvgIpc) is 2.68. The number of benzene rings is 2. The lowest BCUT2D eigenvalue weighted by atomic mass is 9.98. The number of fused-ring (bicyclic) bond motifs is 1. The average molecular weight is 372 g/mol. The summed E-state index contributed by atoms with van der Waals surface area (Å²) in [4.78, 5) is 26.2. The summed E-state index contributed by atoms with van der Waals surface area (Å²) < 4.78 is 24.2. The van der Waals surface area contributed by atoms with Gasteiger partial charge in [0.15, 0.2) is 11.5 Å². The van der Waals surface area contributed by atoms with Crippen molar-refractivity contribution in [1.82, 2.24) is 4.90 Å². The van der Waals surface area contributed by atoms with Gasteiger partial charge in [-0.2, -0.15) is 0 Å². The third-order valence-corrected chi connectivity index (χ3v) is 4.53. The summed E-state index contributed by atoms with van der Waals surface area (Å²) in [6, 6.07) is 9.62. The van der Waals surface area contributed by atoms with E-state index in [2.05, 4.69) is 5.32 Å². The van der Waals surface area contributed by atoms with Gasteiger partial charge < -0.3 is 19.7 Å². The molecule has 0 unspecified atom stereocenters. The Labute approximate surface area is 156 Å². The SMILES string of the molecule is COc1cc2c(cc1OC)CN(C(=O)CC(=O)Nc1ccccc1F)CC2. The van der Waals surface area contributed by atoms with Gasteiger partial charge in [-0.15, -0.1) is 0 Å². The van der Waals surface area contributed by atoms with Gasteiger partial charge in [0.2, 0.25) is 11.8 Å². The molecule has 1 aliphatic heterocycles. The van der Waals surface area contributed by atoms with Gasteiger partial charge in [0.1, 0.15) is 12.2 Å². The lowest BCUT2D eigenvalue weighted by Gasteiger charge is -2.29. The van der Waals surface area contributed by atoms with Gasteiger partial charge in [-0.05, 0) is 41.8 Å². The molecule has 0 saturated heterocycles. The number of ether oxygens (including phenoxy) is 2. The zero-order valence-corrected chi connectivity index (χ0v) is 15.3. The van der Waals surface area contributed by atoms with Crippen molar-refractivity contribution in [1.29, 1.82) is 0 Å². The second-order valence-electron chi connectivity index (χ2n) is 6.25. The maximum Gasteiger partial charge on any atom is 0.233 e. The van der Waals surface area contributed by atoms with Crippen LogP contribution in [0.1, 0.15) is 17.5 Å². The van der Waals surface area contributed by atoms with Crippen molar-refractivity contribution in [2.75, 3.05) is 26.1 Å². The zero-order chi connectivity index (χ0) is 19.4. The molecule has 2 amide bonds. The van der Waals surface area contributed by atoms with Crippen molar-refractivity contribution in [2.24, 2.45) is 0 Å². The van der Waals surface area contributed by atoms with Crippen LogP contribution >= 0.6 is 0 Å². The highest BCUT2D eigenvalue weighted by Gasteiger charge is 2.24. The maximum atomic E-state index is 13.6. The van der Waals surface area contributed by atoms with Gasteiger partial charge in [0.25, 0.3) is 0 Å².